The first-order chi connectivity index (χ1) is 14.4. The summed E-state index contributed by atoms with van der Waals surface area (Å²) in [4.78, 5) is 27.4. The molecule has 1 amide bonds. The minimum atomic E-state index is -1.12. The maximum absolute atomic E-state index is 14.4. The highest BCUT2D eigenvalue weighted by Gasteiger charge is 2.36. The first-order valence-corrected chi connectivity index (χ1v) is 10.1. The molecule has 1 fully saturated rings. The van der Waals surface area contributed by atoms with Gasteiger partial charge in [0, 0.05) is 36.4 Å². The van der Waals surface area contributed by atoms with Crippen molar-refractivity contribution in [3.8, 4) is 11.4 Å². The molecule has 3 aromatic heterocycles. The van der Waals surface area contributed by atoms with Crippen molar-refractivity contribution < 1.29 is 14.3 Å². The Hall–Kier alpha value is -2.78. The first-order valence-electron chi connectivity index (χ1n) is 9.72. The van der Waals surface area contributed by atoms with Crippen LogP contribution in [0.25, 0.3) is 22.4 Å². The molecular weight excluding hydrogens is 411 g/mol. The molecule has 3 aromatic rings. The van der Waals surface area contributed by atoms with Crippen molar-refractivity contribution in [1.82, 2.24) is 25.3 Å². The lowest BCUT2D eigenvalue weighted by Crippen LogP contribution is -2.43. The summed E-state index contributed by atoms with van der Waals surface area (Å²) in [6.07, 6.45) is 6.67. The predicted molar refractivity (Wildman–Crippen MR) is 112 cm³/mol. The van der Waals surface area contributed by atoms with E-state index in [1.807, 2.05) is 0 Å². The molecule has 0 bridgehead atoms. The van der Waals surface area contributed by atoms with E-state index in [1.54, 1.807) is 12.3 Å². The van der Waals surface area contributed by atoms with E-state index in [9.17, 15) is 14.3 Å². The zero-order valence-electron chi connectivity index (χ0n) is 16.4. The molecule has 1 saturated carbocycles. The van der Waals surface area contributed by atoms with E-state index in [4.69, 9.17) is 11.6 Å². The second-order valence-corrected chi connectivity index (χ2v) is 8.09. The smallest absolute Gasteiger partial charge is 0.222 e. The summed E-state index contributed by atoms with van der Waals surface area (Å²) in [7, 11) is 1.54. The van der Waals surface area contributed by atoms with Gasteiger partial charge in [-0.1, -0.05) is 11.6 Å². The van der Waals surface area contributed by atoms with Crippen molar-refractivity contribution in [2.24, 2.45) is 0 Å². The average Bonchev–Trinajstić information content (AvgIpc) is 3.12. The number of halogens is 2. The number of fused-ring (bicyclic) bond motifs is 1. The second kappa shape index (κ2) is 8.16. The van der Waals surface area contributed by atoms with Gasteiger partial charge in [0.15, 0.2) is 17.5 Å². The molecule has 30 heavy (non-hydrogen) atoms. The molecule has 2 atom stereocenters. The summed E-state index contributed by atoms with van der Waals surface area (Å²) in [5, 5.41) is 17.6. The highest BCUT2D eigenvalue weighted by molar-refractivity contribution is 6.31. The van der Waals surface area contributed by atoms with Gasteiger partial charge < -0.3 is 20.7 Å². The lowest BCUT2D eigenvalue weighted by Gasteiger charge is -2.36. The standard InChI is InChI=1S/C20H22ClFN6O2/c1-23-16(29)7-20(30)4-2-3-12(6-20)27-19-15(22)10-26-18(28-19)14-9-25-17-13(14)5-11(21)8-24-17/h5,8-10,12,30H,2-4,6-7H2,1H3,(H,23,29)(H,24,25)(H,26,27,28)/t12?,20-/m0/s1. The number of carbonyl (C=O) groups is 1. The van der Waals surface area contributed by atoms with Crippen LogP contribution >= 0.6 is 11.6 Å². The van der Waals surface area contributed by atoms with Gasteiger partial charge in [0.25, 0.3) is 0 Å². The van der Waals surface area contributed by atoms with Gasteiger partial charge in [-0.15, -0.1) is 0 Å². The fourth-order valence-corrected chi connectivity index (χ4v) is 4.12. The summed E-state index contributed by atoms with van der Waals surface area (Å²) in [5.74, 6) is -0.431. The van der Waals surface area contributed by atoms with Gasteiger partial charge in [-0.3, -0.25) is 4.79 Å². The fourth-order valence-electron chi connectivity index (χ4n) is 3.97. The molecule has 10 heteroatoms. The Morgan fingerprint density at radius 2 is 2.27 bits per heavy atom. The van der Waals surface area contributed by atoms with Gasteiger partial charge in [-0.25, -0.2) is 19.3 Å². The van der Waals surface area contributed by atoms with E-state index in [0.717, 1.165) is 24.4 Å². The van der Waals surface area contributed by atoms with E-state index in [2.05, 4.69) is 30.6 Å². The minimum Gasteiger partial charge on any atom is -0.389 e. The van der Waals surface area contributed by atoms with Gasteiger partial charge in [0.1, 0.15) is 5.65 Å². The third kappa shape index (κ3) is 4.22. The van der Waals surface area contributed by atoms with Crippen molar-refractivity contribution in [2.45, 2.75) is 43.7 Å². The van der Waals surface area contributed by atoms with Crippen LogP contribution in [0.1, 0.15) is 32.1 Å². The van der Waals surface area contributed by atoms with E-state index in [-0.39, 0.29) is 24.2 Å². The van der Waals surface area contributed by atoms with Crippen LogP contribution < -0.4 is 10.6 Å². The summed E-state index contributed by atoms with van der Waals surface area (Å²) >= 11 is 6.05. The van der Waals surface area contributed by atoms with Gasteiger partial charge in [-0.05, 0) is 31.7 Å². The number of hydrogen-bond acceptors (Lipinski definition) is 6. The third-order valence-electron chi connectivity index (χ3n) is 5.41. The molecule has 1 aliphatic rings. The Balaban J connectivity index is 1.58. The summed E-state index contributed by atoms with van der Waals surface area (Å²) in [6, 6.07) is 1.53. The number of H-pyrrole nitrogens is 1. The van der Waals surface area contributed by atoms with Gasteiger partial charge in [0.2, 0.25) is 5.91 Å². The zero-order valence-corrected chi connectivity index (χ0v) is 17.1. The normalized spacial score (nSPS) is 21.5. The third-order valence-corrected chi connectivity index (χ3v) is 5.62. The number of amides is 1. The Kier molecular flexibility index (Phi) is 5.57. The van der Waals surface area contributed by atoms with Crippen molar-refractivity contribution in [2.75, 3.05) is 12.4 Å². The van der Waals surface area contributed by atoms with E-state index < -0.39 is 11.4 Å². The Bertz CT molecular complexity index is 1090. The van der Waals surface area contributed by atoms with E-state index in [1.165, 1.54) is 13.2 Å². The lowest BCUT2D eigenvalue weighted by molar-refractivity contribution is -0.127. The van der Waals surface area contributed by atoms with Crippen molar-refractivity contribution in [3.63, 3.8) is 0 Å². The number of nitrogens with zero attached hydrogens (tertiary/aromatic N) is 3. The van der Waals surface area contributed by atoms with Crippen LogP contribution in [-0.4, -0.2) is 49.6 Å². The lowest BCUT2D eigenvalue weighted by atomic mass is 9.79. The molecule has 158 valence electrons. The minimum absolute atomic E-state index is 0.0162. The Labute approximate surface area is 177 Å². The maximum atomic E-state index is 14.4. The Morgan fingerprint density at radius 3 is 3.07 bits per heavy atom. The fraction of sp³-hybridized carbons (Fsp3) is 0.400. The number of aromatic nitrogens is 4. The molecular formula is C20H22ClFN6O2. The van der Waals surface area contributed by atoms with Crippen LogP contribution in [0.5, 0.6) is 0 Å². The summed E-state index contributed by atoms with van der Waals surface area (Å²) < 4.78 is 14.4. The monoisotopic (exact) mass is 432 g/mol. The molecule has 1 unspecified atom stereocenters. The van der Waals surface area contributed by atoms with Crippen LogP contribution in [0.3, 0.4) is 0 Å². The Morgan fingerprint density at radius 1 is 1.43 bits per heavy atom. The number of nitrogens with one attached hydrogen (secondary N) is 3. The molecule has 4 rings (SSSR count). The number of aliphatic hydroxyl groups is 1. The predicted octanol–water partition coefficient (Wildman–Crippen LogP) is 3.03. The highest BCUT2D eigenvalue weighted by atomic mass is 35.5. The van der Waals surface area contributed by atoms with Gasteiger partial charge in [0.05, 0.1) is 23.2 Å². The SMILES string of the molecule is CNC(=O)C[C@]1(O)CCCC(Nc2nc(-c3c[nH]c4ncc(Cl)cc34)ncc2F)C1. The van der Waals surface area contributed by atoms with Gasteiger partial charge >= 0.3 is 0 Å². The number of carbonyl (C=O) groups excluding carboxylic acids is 1. The largest absolute Gasteiger partial charge is 0.389 e. The quantitative estimate of drug-likeness (QED) is 0.492. The average molecular weight is 433 g/mol. The van der Waals surface area contributed by atoms with Crippen LogP contribution in [0.4, 0.5) is 10.2 Å². The van der Waals surface area contributed by atoms with Crippen LogP contribution in [0.2, 0.25) is 5.02 Å². The molecule has 0 aliphatic heterocycles. The number of hydrogen-bond donors (Lipinski definition) is 4. The molecule has 8 nitrogen and oxygen atoms in total. The topological polar surface area (TPSA) is 116 Å². The van der Waals surface area contributed by atoms with Gasteiger partial charge in [-0.2, -0.15) is 0 Å². The molecule has 1 aliphatic carbocycles. The number of anilines is 1. The molecule has 0 spiro atoms. The van der Waals surface area contributed by atoms with Crippen molar-refractivity contribution in [1.29, 1.82) is 0 Å². The van der Waals surface area contributed by atoms with E-state index >= 15 is 0 Å². The molecule has 4 N–H and O–H groups in total. The molecule has 0 radical (unpaired) electrons. The molecule has 0 saturated heterocycles. The first kappa shape index (κ1) is 20.5. The van der Waals surface area contributed by atoms with Crippen LogP contribution in [0.15, 0.2) is 24.7 Å². The zero-order chi connectivity index (χ0) is 21.3. The molecule has 3 heterocycles. The van der Waals surface area contributed by atoms with Crippen molar-refractivity contribution >= 4 is 34.4 Å². The van der Waals surface area contributed by atoms with Crippen molar-refractivity contribution in [3.05, 3.63) is 35.5 Å². The highest BCUT2D eigenvalue weighted by Crippen LogP contribution is 2.33. The number of pyridine rings is 1. The summed E-state index contributed by atoms with van der Waals surface area (Å²) in [5.41, 5.74) is 0.160. The molecule has 0 aromatic carbocycles. The van der Waals surface area contributed by atoms with Crippen LogP contribution in [0, 0.1) is 5.82 Å². The van der Waals surface area contributed by atoms with Crippen LogP contribution in [-0.2, 0) is 4.79 Å². The number of rotatable bonds is 5. The number of aromatic amines is 1. The maximum Gasteiger partial charge on any atom is 0.222 e. The second-order valence-electron chi connectivity index (χ2n) is 7.65. The van der Waals surface area contributed by atoms with E-state index in [0.29, 0.717) is 34.9 Å². The summed E-state index contributed by atoms with van der Waals surface area (Å²) in [6.45, 7) is 0.